The van der Waals surface area contributed by atoms with Crippen molar-refractivity contribution in [2.75, 3.05) is 18.8 Å². The number of anilines is 1. The van der Waals surface area contributed by atoms with Gasteiger partial charge in [-0.2, -0.15) is 13.2 Å². The number of likely N-dealkylation sites (tertiary alicyclic amines) is 1. The van der Waals surface area contributed by atoms with Crippen molar-refractivity contribution in [2.24, 2.45) is 0 Å². The molecule has 2 aliphatic rings. The first kappa shape index (κ1) is 27.5. The number of aromatic nitrogens is 2. The van der Waals surface area contributed by atoms with Crippen molar-refractivity contribution in [3.8, 4) is 11.3 Å². The molecule has 4 aromatic rings. The van der Waals surface area contributed by atoms with Crippen molar-refractivity contribution in [3.63, 3.8) is 0 Å². The highest BCUT2D eigenvalue weighted by molar-refractivity contribution is 5.95. The number of pyridine rings is 2. The zero-order valence-electron chi connectivity index (χ0n) is 22.2. The average Bonchev–Trinajstić information content (AvgIpc) is 3.55. The summed E-state index contributed by atoms with van der Waals surface area (Å²) in [6.45, 7) is 0.910. The number of nitrogen functional groups attached to an aromatic ring is 1. The Kier molecular flexibility index (Phi) is 7.15. The third-order valence-electron chi connectivity index (χ3n) is 7.28. The fraction of sp³-hybridized carbons (Fsp3) is 0.267. The summed E-state index contributed by atoms with van der Waals surface area (Å²) in [7, 11) is 0. The molecule has 5 heterocycles. The van der Waals surface area contributed by atoms with Crippen LogP contribution in [-0.2, 0) is 22.3 Å². The van der Waals surface area contributed by atoms with E-state index in [-0.39, 0.29) is 52.6 Å². The molecule has 6 rings (SSSR count). The molecule has 2 saturated heterocycles. The fourth-order valence-electron chi connectivity index (χ4n) is 5.23. The van der Waals surface area contributed by atoms with Gasteiger partial charge in [0.15, 0.2) is 0 Å². The first-order valence-electron chi connectivity index (χ1n) is 13.3. The molecule has 9 nitrogen and oxygen atoms in total. The van der Waals surface area contributed by atoms with Crippen LogP contribution in [0.15, 0.2) is 65.4 Å². The van der Waals surface area contributed by atoms with Crippen molar-refractivity contribution in [2.45, 2.75) is 37.8 Å². The van der Waals surface area contributed by atoms with Crippen molar-refractivity contribution < 1.29 is 31.9 Å². The number of furan rings is 1. The molecular formula is C30H26F3N5O4. The van der Waals surface area contributed by atoms with Crippen LogP contribution in [0.5, 0.6) is 0 Å². The molecule has 0 spiro atoms. The highest BCUT2D eigenvalue weighted by Gasteiger charge is 2.37. The Hall–Kier alpha value is -4.71. The molecule has 2 atom stereocenters. The van der Waals surface area contributed by atoms with Crippen LogP contribution in [0, 0.1) is 0 Å². The number of nitrogens with zero attached hydrogens (tertiary/aromatic N) is 3. The topological polar surface area (TPSA) is 124 Å². The highest BCUT2D eigenvalue weighted by atomic mass is 19.4. The van der Waals surface area contributed by atoms with Gasteiger partial charge in [0.05, 0.1) is 35.6 Å². The highest BCUT2D eigenvalue weighted by Crippen LogP contribution is 2.39. The van der Waals surface area contributed by atoms with E-state index in [9.17, 15) is 22.8 Å². The number of hydrogen-bond donors (Lipinski definition) is 2. The summed E-state index contributed by atoms with van der Waals surface area (Å²) in [6.07, 6.45) is 2.94. The van der Waals surface area contributed by atoms with E-state index in [0.29, 0.717) is 30.0 Å². The molecule has 2 unspecified atom stereocenters. The normalized spacial score (nSPS) is 18.6. The number of alkyl halides is 3. The Morgan fingerprint density at radius 3 is 2.50 bits per heavy atom. The van der Waals surface area contributed by atoms with Gasteiger partial charge in [-0.1, -0.05) is 0 Å². The molecule has 2 bridgehead atoms. The predicted molar refractivity (Wildman–Crippen MR) is 148 cm³/mol. The quantitative estimate of drug-likeness (QED) is 0.315. The number of nitrogens with one attached hydrogen (secondary N) is 1. The molecule has 2 amide bonds. The minimum Gasteiger partial charge on any atom is -0.459 e. The van der Waals surface area contributed by atoms with E-state index in [1.54, 1.807) is 23.1 Å². The van der Waals surface area contributed by atoms with Crippen LogP contribution in [0.1, 0.15) is 40.1 Å². The summed E-state index contributed by atoms with van der Waals surface area (Å²) in [5.74, 6) is -0.146. The van der Waals surface area contributed by atoms with Crippen molar-refractivity contribution in [3.05, 3.63) is 83.4 Å². The number of amides is 2. The summed E-state index contributed by atoms with van der Waals surface area (Å²) in [6, 6.07) is 10.4. The average molecular weight is 578 g/mol. The zero-order chi connectivity index (χ0) is 29.4. The van der Waals surface area contributed by atoms with Gasteiger partial charge in [0, 0.05) is 42.5 Å². The molecule has 0 saturated carbocycles. The molecular weight excluding hydrogens is 551 g/mol. The minimum atomic E-state index is -4.70. The third kappa shape index (κ3) is 5.84. The minimum absolute atomic E-state index is 0.0456. The second-order valence-electron chi connectivity index (χ2n) is 10.3. The van der Waals surface area contributed by atoms with Crippen LogP contribution >= 0.6 is 0 Å². The van der Waals surface area contributed by atoms with Crippen molar-refractivity contribution in [1.82, 2.24) is 20.2 Å². The lowest BCUT2D eigenvalue weighted by molar-refractivity contribution is -0.136. The molecule has 3 aromatic heterocycles. The van der Waals surface area contributed by atoms with Crippen molar-refractivity contribution >= 4 is 34.7 Å². The van der Waals surface area contributed by atoms with E-state index in [2.05, 4.69) is 15.3 Å². The Balaban J connectivity index is 1.19. The summed E-state index contributed by atoms with van der Waals surface area (Å²) in [5.41, 5.74) is 5.75. The predicted octanol–water partition coefficient (Wildman–Crippen LogP) is 4.82. The number of benzene rings is 1. The van der Waals surface area contributed by atoms with E-state index in [1.807, 2.05) is 0 Å². The number of nitrogens with two attached hydrogens (primary N) is 1. The first-order chi connectivity index (χ1) is 20.1. The zero-order valence-corrected chi connectivity index (χ0v) is 22.2. The molecule has 2 fully saturated rings. The lowest BCUT2D eigenvalue weighted by Gasteiger charge is -2.32. The van der Waals surface area contributed by atoms with Gasteiger partial charge >= 0.3 is 6.18 Å². The van der Waals surface area contributed by atoms with Gasteiger partial charge in [-0.05, 0) is 66.9 Å². The van der Waals surface area contributed by atoms with Crippen LogP contribution in [-0.4, -0.2) is 52.0 Å². The van der Waals surface area contributed by atoms with Gasteiger partial charge < -0.3 is 25.1 Å². The van der Waals surface area contributed by atoms with Crippen LogP contribution < -0.4 is 11.1 Å². The SMILES string of the molecule is Nc1ccc(/C=C/C(=O)NCc2cc3cc(-c4ccc(C(=O)N5CC6CCC(C5)O6)cn4)cc(C(F)(F)F)c3o2)cn1. The summed E-state index contributed by atoms with van der Waals surface area (Å²) < 4.78 is 53.4. The molecule has 42 heavy (non-hydrogen) atoms. The number of ether oxygens (including phenoxy) is 1. The number of carbonyl (C=O) groups is 2. The summed E-state index contributed by atoms with van der Waals surface area (Å²) in [4.78, 5) is 35.2. The van der Waals surface area contributed by atoms with Gasteiger partial charge in [-0.15, -0.1) is 0 Å². The number of rotatable bonds is 6. The Morgan fingerprint density at radius 2 is 1.83 bits per heavy atom. The molecule has 216 valence electrons. The lowest BCUT2D eigenvalue weighted by atomic mass is 10.0. The van der Waals surface area contributed by atoms with Gasteiger partial charge in [0.25, 0.3) is 5.91 Å². The van der Waals surface area contributed by atoms with E-state index < -0.39 is 17.6 Å². The van der Waals surface area contributed by atoms with Crippen LogP contribution in [0.2, 0.25) is 0 Å². The molecule has 3 N–H and O–H groups in total. The lowest BCUT2D eigenvalue weighted by Crippen LogP contribution is -2.45. The van der Waals surface area contributed by atoms with E-state index in [4.69, 9.17) is 14.9 Å². The van der Waals surface area contributed by atoms with E-state index in [0.717, 1.165) is 18.9 Å². The number of carbonyl (C=O) groups excluding carboxylic acids is 2. The van der Waals surface area contributed by atoms with Gasteiger partial charge in [-0.3, -0.25) is 14.6 Å². The molecule has 0 aliphatic carbocycles. The monoisotopic (exact) mass is 577 g/mol. The van der Waals surface area contributed by atoms with E-state index in [1.165, 1.54) is 42.7 Å². The van der Waals surface area contributed by atoms with E-state index >= 15 is 0 Å². The third-order valence-corrected chi connectivity index (χ3v) is 7.28. The van der Waals surface area contributed by atoms with Crippen molar-refractivity contribution in [1.29, 1.82) is 0 Å². The maximum absolute atomic E-state index is 14.0. The standard InChI is InChI=1S/C30H26F3N5O4/c31-30(32,33)24-11-19(25-6-3-18(13-35-25)29(40)38-15-21-4-5-22(16-38)41-21)9-20-10-23(42-28(20)24)14-37-27(39)8-2-17-1-7-26(34)36-12-17/h1-3,6-13,21-22H,4-5,14-16H2,(H2,34,36)(H,37,39)/b8-2+. The van der Waals surface area contributed by atoms with Crippen LogP contribution in [0.25, 0.3) is 28.3 Å². The smallest absolute Gasteiger partial charge is 0.420 e. The second kappa shape index (κ2) is 10.9. The Bertz CT molecular complexity index is 1650. The van der Waals surface area contributed by atoms with Crippen LogP contribution in [0.3, 0.4) is 0 Å². The largest absolute Gasteiger partial charge is 0.459 e. The summed E-state index contributed by atoms with van der Waals surface area (Å²) >= 11 is 0. The first-order valence-corrected chi connectivity index (χ1v) is 13.3. The number of fused-ring (bicyclic) bond motifs is 3. The molecule has 12 heteroatoms. The van der Waals surface area contributed by atoms with Gasteiger partial charge in [0.1, 0.15) is 17.2 Å². The maximum atomic E-state index is 14.0. The fourth-order valence-corrected chi connectivity index (χ4v) is 5.23. The number of hydrogen-bond acceptors (Lipinski definition) is 7. The number of morpholine rings is 1. The van der Waals surface area contributed by atoms with Gasteiger partial charge in [0.2, 0.25) is 5.91 Å². The molecule has 0 radical (unpaired) electrons. The number of halogens is 3. The second-order valence-corrected chi connectivity index (χ2v) is 10.3. The Morgan fingerprint density at radius 1 is 1.05 bits per heavy atom. The maximum Gasteiger partial charge on any atom is 0.420 e. The summed E-state index contributed by atoms with van der Waals surface area (Å²) in [5, 5.41) is 2.80. The Labute approximate surface area is 238 Å². The van der Waals surface area contributed by atoms with Crippen LogP contribution in [0.4, 0.5) is 19.0 Å². The van der Waals surface area contributed by atoms with Gasteiger partial charge in [-0.25, -0.2) is 4.98 Å². The molecule has 1 aromatic carbocycles. The molecule has 2 aliphatic heterocycles.